The van der Waals surface area contributed by atoms with Gasteiger partial charge >= 0.3 is 0 Å². The Morgan fingerprint density at radius 1 is 1.16 bits per heavy atom. The number of nitrogens with one attached hydrogen (secondary N) is 1. The van der Waals surface area contributed by atoms with Crippen LogP contribution >= 0.6 is 0 Å². The van der Waals surface area contributed by atoms with Gasteiger partial charge < -0.3 is 10.4 Å². The number of nitro groups is 1. The smallest absolute Gasteiger partial charge is 0.292 e. The van der Waals surface area contributed by atoms with Gasteiger partial charge in [-0.25, -0.2) is 0 Å². The molecule has 2 rings (SSSR count). The average Bonchev–Trinajstić information content (AvgIpc) is 2.39. The van der Waals surface area contributed by atoms with Crippen LogP contribution < -0.4 is 5.32 Å². The van der Waals surface area contributed by atoms with Crippen LogP contribution in [0.3, 0.4) is 0 Å². The third-order valence-corrected chi connectivity index (χ3v) is 2.88. The second kappa shape index (κ2) is 5.39. The molecule has 0 radical (unpaired) electrons. The maximum absolute atomic E-state index is 10.9. The molecule has 1 unspecified atom stereocenters. The molecule has 98 valence electrons. The molecular formula is C14H14N2O3. The Morgan fingerprint density at radius 3 is 2.47 bits per heavy atom. The van der Waals surface area contributed by atoms with E-state index in [1.807, 2.05) is 13.0 Å². The van der Waals surface area contributed by atoms with Gasteiger partial charge in [-0.3, -0.25) is 10.1 Å². The first-order chi connectivity index (χ1) is 9.09. The quantitative estimate of drug-likeness (QED) is 0.650. The van der Waals surface area contributed by atoms with Crippen LogP contribution in [0.15, 0.2) is 48.5 Å². The monoisotopic (exact) mass is 258 g/mol. The van der Waals surface area contributed by atoms with Crippen molar-refractivity contribution >= 4 is 11.4 Å². The SMILES string of the molecule is CC(Nc1ccccc1[N+](=O)[O-])c1ccccc1O. The summed E-state index contributed by atoms with van der Waals surface area (Å²) >= 11 is 0. The van der Waals surface area contributed by atoms with E-state index in [0.717, 1.165) is 0 Å². The molecule has 2 aromatic carbocycles. The highest BCUT2D eigenvalue weighted by atomic mass is 16.6. The summed E-state index contributed by atoms with van der Waals surface area (Å²) in [4.78, 5) is 10.5. The molecule has 0 aromatic heterocycles. The predicted octanol–water partition coefficient (Wildman–Crippen LogP) is 3.47. The molecule has 5 nitrogen and oxygen atoms in total. The highest BCUT2D eigenvalue weighted by Gasteiger charge is 2.16. The molecule has 1 atom stereocenters. The van der Waals surface area contributed by atoms with E-state index < -0.39 is 4.92 Å². The maximum atomic E-state index is 10.9. The molecule has 0 fully saturated rings. The number of para-hydroxylation sites is 3. The van der Waals surface area contributed by atoms with Crippen molar-refractivity contribution in [1.29, 1.82) is 0 Å². The minimum absolute atomic E-state index is 0.0183. The molecule has 0 aliphatic carbocycles. The number of nitro benzene ring substituents is 1. The molecule has 2 aromatic rings. The topological polar surface area (TPSA) is 75.4 Å². The fraction of sp³-hybridized carbons (Fsp3) is 0.143. The lowest BCUT2D eigenvalue weighted by atomic mass is 10.1. The van der Waals surface area contributed by atoms with Crippen LogP contribution in [0.25, 0.3) is 0 Å². The van der Waals surface area contributed by atoms with Crippen LogP contribution in [0.2, 0.25) is 0 Å². The van der Waals surface area contributed by atoms with Gasteiger partial charge in [0.2, 0.25) is 0 Å². The molecule has 0 aliphatic rings. The Bertz CT molecular complexity index is 599. The lowest BCUT2D eigenvalue weighted by molar-refractivity contribution is -0.384. The van der Waals surface area contributed by atoms with Crippen LogP contribution in [-0.2, 0) is 0 Å². The van der Waals surface area contributed by atoms with Gasteiger partial charge in [-0.05, 0) is 19.1 Å². The molecule has 0 spiro atoms. The second-order valence-corrected chi connectivity index (χ2v) is 4.20. The fourth-order valence-electron chi connectivity index (χ4n) is 1.92. The molecule has 2 N–H and O–H groups in total. The number of phenolic OH excluding ortho intramolecular Hbond substituents is 1. The third kappa shape index (κ3) is 2.82. The van der Waals surface area contributed by atoms with E-state index in [1.54, 1.807) is 36.4 Å². The number of nitrogens with zero attached hydrogens (tertiary/aromatic N) is 1. The summed E-state index contributed by atoms with van der Waals surface area (Å²) in [7, 11) is 0. The standard InChI is InChI=1S/C14H14N2O3/c1-10(11-6-2-5-9-14(11)17)15-12-7-3-4-8-13(12)16(18)19/h2-10,15,17H,1H3. The fourth-order valence-corrected chi connectivity index (χ4v) is 1.92. The molecule has 0 saturated heterocycles. The Hall–Kier alpha value is -2.56. The van der Waals surface area contributed by atoms with E-state index in [0.29, 0.717) is 11.3 Å². The van der Waals surface area contributed by atoms with E-state index in [4.69, 9.17) is 0 Å². The maximum Gasteiger partial charge on any atom is 0.292 e. The number of anilines is 1. The van der Waals surface area contributed by atoms with E-state index >= 15 is 0 Å². The van der Waals surface area contributed by atoms with Crippen LogP contribution in [-0.4, -0.2) is 10.0 Å². The summed E-state index contributed by atoms with van der Waals surface area (Å²) in [5.74, 6) is 0.168. The Morgan fingerprint density at radius 2 is 1.79 bits per heavy atom. The van der Waals surface area contributed by atoms with E-state index in [1.165, 1.54) is 6.07 Å². The number of hydrogen-bond donors (Lipinski definition) is 2. The molecular weight excluding hydrogens is 244 g/mol. The molecule has 0 aliphatic heterocycles. The summed E-state index contributed by atoms with van der Waals surface area (Å²) < 4.78 is 0. The highest BCUT2D eigenvalue weighted by Crippen LogP contribution is 2.30. The first-order valence-corrected chi connectivity index (χ1v) is 5.87. The van der Waals surface area contributed by atoms with Gasteiger partial charge in [0, 0.05) is 11.6 Å². The molecule has 0 heterocycles. The van der Waals surface area contributed by atoms with Crippen LogP contribution in [0.1, 0.15) is 18.5 Å². The zero-order valence-corrected chi connectivity index (χ0v) is 10.4. The van der Waals surface area contributed by atoms with E-state index in [9.17, 15) is 15.2 Å². The zero-order valence-electron chi connectivity index (χ0n) is 10.4. The highest BCUT2D eigenvalue weighted by molar-refractivity contribution is 5.62. The van der Waals surface area contributed by atoms with Gasteiger partial charge in [-0.1, -0.05) is 30.3 Å². The molecule has 0 saturated carbocycles. The second-order valence-electron chi connectivity index (χ2n) is 4.20. The van der Waals surface area contributed by atoms with E-state index in [2.05, 4.69) is 5.32 Å². The van der Waals surface area contributed by atoms with Crippen molar-refractivity contribution in [3.63, 3.8) is 0 Å². The van der Waals surface area contributed by atoms with Crippen molar-refractivity contribution in [3.05, 3.63) is 64.2 Å². The van der Waals surface area contributed by atoms with Crippen molar-refractivity contribution in [3.8, 4) is 5.75 Å². The summed E-state index contributed by atoms with van der Waals surface area (Å²) in [6.07, 6.45) is 0. The lowest BCUT2D eigenvalue weighted by Crippen LogP contribution is -2.08. The molecule has 0 bridgehead atoms. The van der Waals surface area contributed by atoms with E-state index in [-0.39, 0.29) is 17.5 Å². The molecule has 0 amide bonds. The summed E-state index contributed by atoms with van der Waals surface area (Å²) in [5.41, 5.74) is 1.15. The summed E-state index contributed by atoms with van der Waals surface area (Å²) in [6.45, 7) is 1.84. The first kappa shape index (κ1) is 12.9. The van der Waals surface area contributed by atoms with Crippen LogP contribution in [0.4, 0.5) is 11.4 Å². The van der Waals surface area contributed by atoms with Crippen molar-refractivity contribution in [1.82, 2.24) is 0 Å². The van der Waals surface area contributed by atoms with Gasteiger partial charge in [0.05, 0.1) is 11.0 Å². The number of hydrogen-bond acceptors (Lipinski definition) is 4. The van der Waals surface area contributed by atoms with Gasteiger partial charge in [0.1, 0.15) is 11.4 Å². The Kier molecular flexibility index (Phi) is 3.66. The zero-order chi connectivity index (χ0) is 13.8. The van der Waals surface area contributed by atoms with Crippen LogP contribution in [0.5, 0.6) is 5.75 Å². The first-order valence-electron chi connectivity index (χ1n) is 5.87. The van der Waals surface area contributed by atoms with Gasteiger partial charge in [0.25, 0.3) is 5.69 Å². The average molecular weight is 258 g/mol. The number of rotatable bonds is 4. The predicted molar refractivity (Wildman–Crippen MR) is 73.2 cm³/mol. The minimum Gasteiger partial charge on any atom is -0.508 e. The third-order valence-electron chi connectivity index (χ3n) is 2.88. The van der Waals surface area contributed by atoms with Gasteiger partial charge in [-0.15, -0.1) is 0 Å². The van der Waals surface area contributed by atoms with Gasteiger partial charge in [-0.2, -0.15) is 0 Å². The van der Waals surface area contributed by atoms with Crippen LogP contribution in [0, 0.1) is 10.1 Å². The van der Waals surface area contributed by atoms with Crippen molar-refractivity contribution in [2.24, 2.45) is 0 Å². The molecule has 5 heteroatoms. The normalized spacial score (nSPS) is 11.8. The Balaban J connectivity index is 2.27. The molecule has 19 heavy (non-hydrogen) atoms. The summed E-state index contributed by atoms with van der Waals surface area (Å²) in [6, 6.07) is 13.1. The Labute approximate surface area is 110 Å². The van der Waals surface area contributed by atoms with Gasteiger partial charge in [0.15, 0.2) is 0 Å². The minimum atomic E-state index is -0.431. The number of phenols is 1. The van der Waals surface area contributed by atoms with Crippen molar-refractivity contribution in [2.45, 2.75) is 13.0 Å². The van der Waals surface area contributed by atoms with Crippen molar-refractivity contribution < 1.29 is 10.0 Å². The largest absolute Gasteiger partial charge is 0.508 e. The summed E-state index contributed by atoms with van der Waals surface area (Å²) in [5, 5.41) is 23.7. The van der Waals surface area contributed by atoms with Crippen molar-refractivity contribution in [2.75, 3.05) is 5.32 Å². The lowest BCUT2D eigenvalue weighted by Gasteiger charge is -2.16. The number of benzene rings is 2. The number of aromatic hydroxyl groups is 1.